The Kier molecular flexibility index (Phi) is 4.40. The van der Waals surface area contributed by atoms with Crippen LogP contribution in [-0.4, -0.2) is 48.3 Å². The summed E-state index contributed by atoms with van der Waals surface area (Å²) in [5, 5.41) is 10.3. The normalized spacial score (nSPS) is 33.5. The number of aliphatic hydroxyl groups excluding tert-OH is 1. The van der Waals surface area contributed by atoms with Crippen LogP contribution in [0.15, 0.2) is 23.5 Å². The highest BCUT2D eigenvalue weighted by molar-refractivity contribution is 5.70. The van der Waals surface area contributed by atoms with Crippen LogP contribution in [0.2, 0.25) is 0 Å². The van der Waals surface area contributed by atoms with Crippen LogP contribution < -0.4 is 0 Å². The van der Waals surface area contributed by atoms with E-state index in [0.29, 0.717) is 12.2 Å². The minimum atomic E-state index is -0.858. The highest BCUT2D eigenvalue weighted by atomic mass is 16.7. The van der Waals surface area contributed by atoms with E-state index in [1.54, 1.807) is 6.08 Å². The van der Waals surface area contributed by atoms with Crippen LogP contribution >= 0.6 is 0 Å². The van der Waals surface area contributed by atoms with E-state index >= 15 is 0 Å². The Labute approximate surface area is 140 Å². The van der Waals surface area contributed by atoms with Crippen molar-refractivity contribution in [1.82, 2.24) is 0 Å². The van der Waals surface area contributed by atoms with Crippen molar-refractivity contribution in [3.63, 3.8) is 0 Å². The van der Waals surface area contributed by atoms with Crippen molar-refractivity contribution >= 4 is 11.9 Å². The molecule has 0 aromatic carbocycles. The zero-order valence-electron chi connectivity index (χ0n) is 14.0. The van der Waals surface area contributed by atoms with Gasteiger partial charge in [0.05, 0.1) is 18.8 Å². The number of carbonyl (C=O) groups excluding carboxylic acids is 2. The second kappa shape index (κ2) is 6.22. The summed E-state index contributed by atoms with van der Waals surface area (Å²) < 4.78 is 21.6. The Hall–Kier alpha value is -1.86. The van der Waals surface area contributed by atoms with E-state index in [1.165, 1.54) is 13.2 Å². The van der Waals surface area contributed by atoms with Gasteiger partial charge in [0.1, 0.15) is 18.3 Å². The van der Waals surface area contributed by atoms with Crippen LogP contribution in [0.1, 0.15) is 27.2 Å². The molecule has 1 fully saturated rings. The second-order valence-electron chi connectivity index (χ2n) is 6.80. The molecule has 1 N–H and O–H groups in total. The van der Waals surface area contributed by atoms with Gasteiger partial charge in [-0.05, 0) is 17.6 Å². The highest BCUT2D eigenvalue weighted by Gasteiger charge is 2.66. The molecule has 1 saturated heterocycles. The van der Waals surface area contributed by atoms with Crippen LogP contribution in [-0.2, 0) is 28.5 Å². The van der Waals surface area contributed by atoms with Crippen LogP contribution in [0, 0.1) is 11.8 Å². The summed E-state index contributed by atoms with van der Waals surface area (Å²) in [6.07, 6.45) is 1.70. The fourth-order valence-electron chi connectivity index (χ4n) is 3.18. The summed E-state index contributed by atoms with van der Waals surface area (Å²) in [6.45, 7) is 5.57. The molecule has 2 aliphatic heterocycles. The van der Waals surface area contributed by atoms with Crippen LogP contribution in [0.5, 0.6) is 0 Å². The van der Waals surface area contributed by atoms with E-state index in [4.69, 9.17) is 18.9 Å². The van der Waals surface area contributed by atoms with Crippen molar-refractivity contribution < 1.29 is 33.6 Å². The average molecular weight is 338 g/mol. The first-order valence-electron chi connectivity index (χ1n) is 8.05. The third kappa shape index (κ3) is 3.06. The van der Waals surface area contributed by atoms with Gasteiger partial charge in [-0.3, -0.25) is 9.59 Å². The second-order valence-corrected chi connectivity index (χ2v) is 6.80. The van der Waals surface area contributed by atoms with E-state index in [0.717, 1.165) is 5.57 Å². The standard InChI is InChI=1S/C17H22O7/c1-9(2)4-14(20)24-16-15-12(5-13(19)17(15)8-23-17)11(7-22-16)6-21-10(3)18/h5,7,9,13,15-16,19H,4,6,8H2,1-3H3. The van der Waals surface area contributed by atoms with Gasteiger partial charge in [0.15, 0.2) is 0 Å². The lowest BCUT2D eigenvalue weighted by molar-refractivity contribution is -0.184. The molecule has 0 aromatic heterocycles. The number of rotatable bonds is 5. The monoisotopic (exact) mass is 338 g/mol. The molecular formula is C17H22O7. The Morgan fingerprint density at radius 1 is 1.46 bits per heavy atom. The van der Waals surface area contributed by atoms with E-state index < -0.39 is 29.9 Å². The molecular weight excluding hydrogens is 316 g/mol. The smallest absolute Gasteiger partial charge is 0.309 e. The lowest BCUT2D eigenvalue weighted by atomic mass is 9.85. The van der Waals surface area contributed by atoms with Crippen molar-refractivity contribution in [2.75, 3.05) is 13.2 Å². The molecule has 0 aromatic rings. The van der Waals surface area contributed by atoms with Crippen LogP contribution in [0.25, 0.3) is 0 Å². The molecule has 4 unspecified atom stereocenters. The predicted molar refractivity (Wildman–Crippen MR) is 81.4 cm³/mol. The number of fused-ring (bicyclic) bond motifs is 2. The molecule has 7 nitrogen and oxygen atoms in total. The average Bonchev–Trinajstić information content (AvgIpc) is 3.20. The summed E-state index contributed by atoms with van der Waals surface area (Å²) >= 11 is 0. The Bertz CT molecular complexity index is 600. The lowest BCUT2D eigenvalue weighted by Crippen LogP contribution is -2.43. The molecule has 3 aliphatic rings. The maximum Gasteiger partial charge on any atom is 0.309 e. The molecule has 3 rings (SSSR count). The molecule has 4 atom stereocenters. The quantitative estimate of drug-likeness (QED) is 0.592. The van der Waals surface area contributed by atoms with Crippen molar-refractivity contribution in [2.24, 2.45) is 11.8 Å². The molecule has 0 saturated carbocycles. The molecule has 2 heterocycles. The molecule has 0 bridgehead atoms. The molecule has 132 valence electrons. The van der Waals surface area contributed by atoms with Crippen LogP contribution in [0.4, 0.5) is 0 Å². The first-order chi connectivity index (χ1) is 11.3. The number of ether oxygens (including phenoxy) is 4. The van der Waals surface area contributed by atoms with Gasteiger partial charge in [-0.15, -0.1) is 0 Å². The molecule has 7 heteroatoms. The van der Waals surface area contributed by atoms with Gasteiger partial charge in [0.25, 0.3) is 6.29 Å². The SMILES string of the molecule is CC(=O)OCC1=COC(OC(=O)CC(C)C)C2C1=CC(O)C21CO1. The Morgan fingerprint density at radius 2 is 2.17 bits per heavy atom. The third-order valence-corrected chi connectivity index (χ3v) is 4.42. The first kappa shape index (κ1) is 17.0. The fraction of sp³-hybridized carbons (Fsp3) is 0.647. The summed E-state index contributed by atoms with van der Waals surface area (Å²) in [5.74, 6) is -1.02. The van der Waals surface area contributed by atoms with Gasteiger partial charge in [-0.1, -0.05) is 13.8 Å². The number of carbonyl (C=O) groups is 2. The van der Waals surface area contributed by atoms with Gasteiger partial charge < -0.3 is 24.1 Å². The molecule has 1 spiro atoms. The first-order valence-corrected chi connectivity index (χ1v) is 8.05. The van der Waals surface area contributed by atoms with Gasteiger partial charge in [0.2, 0.25) is 0 Å². The van der Waals surface area contributed by atoms with Gasteiger partial charge in [0, 0.05) is 18.9 Å². The highest BCUT2D eigenvalue weighted by Crippen LogP contribution is 2.53. The molecule has 0 radical (unpaired) electrons. The number of aliphatic hydroxyl groups is 1. The van der Waals surface area contributed by atoms with E-state index in [9.17, 15) is 14.7 Å². The van der Waals surface area contributed by atoms with Gasteiger partial charge in [-0.25, -0.2) is 0 Å². The summed E-state index contributed by atoms with van der Waals surface area (Å²) in [7, 11) is 0. The van der Waals surface area contributed by atoms with E-state index in [1.807, 2.05) is 13.8 Å². The number of hydrogen-bond donors (Lipinski definition) is 1. The van der Waals surface area contributed by atoms with Crippen molar-refractivity contribution in [3.8, 4) is 0 Å². The van der Waals surface area contributed by atoms with Crippen molar-refractivity contribution in [3.05, 3.63) is 23.5 Å². The summed E-state index contributed by atoms with van der Waals surface area (Å²) in [4.78, 5) is 23.0. The minimum absolute atomic E-state index is 0.0348. The van der Waals surface area contributed by atoms with E-state index in [2.05, 4.69) is 0 Å². The number of esters is 2. The zero-order valence-corrected chi connectivity index (χ0v) is 14.0. The van der Waals surface area contributed by atoms with Gasteiger partial charge >= 0.3 is 11.9 Å². The van der Waals surface area contributed by atoms with E-state index in [-0.39, 0.29) is 24.9 Å². The lowest BCUT2D eigenvalue weighted by Gasteiger charge is -2.33. The summed E-state index contributed by atoms with van der Waals surface area (Å²) in [5.41, 5.74) is 0.570. The Morgan fingerprint density at radius 3 is 2.75 bits per heavy atom. The van der Waals surface area contributed by atoms with Crippen molar-refractivity contribution in [1.29, 1.82) is 0 Å². The van der Waals surface area contributed by atoms with Crippen LogP contribution in [0.3, 0.4) is 0 Å². The predicted octanol–water partition coefficient (Wildman–Crippen LogP) is 1.07. The number of hydrogen-bond acceptors (Lipinski definition) is 7. The fourth-order valence-corrected chi connectivity index (χ4v) is 3.18. The maximum absolute atomic E-state index is 12.0. The largest absolute Gasteiger partial charge is 0.461 e. The molecule has 0 amide bonds. The minimum Gasteiger partial charge on any atom is -0.461 e. The van der Waals surface area contributed by atoms with Gasteiger partial charge in [-0.2, -0.15) is 0 Å². The molecule has 24 heavy (non-hydrogen) atoms. The van der Waals surface area contributed by atoms with Crippen molar-refractivity contribution in [2.45, 2.75) is 45.2 Å². The maximum atomic E-state index is 12.0. The Balaban J connectivity index is 1.79. The summed E-state index contributed by atoms with van der Waals surface area (Å²) in [6, 6.07) is 0. The zero-order chi connectivity index (χ0) is 17.5. The third-order valence-electron chi connectivity index (χ3n) is 4.42. The molecule has 1 aliphatic carbocycles. The number of epoxide rings is 1. The topological polar surface area (TPSA) is 94.6 Å².